The number of pyridine rings is 1. The molecule has 0 atom stereocenters. The van der Waals surface area contributed by atoms with E-state index in [2.05, 4.69) is 14.9 Å². The van der Waals surface area contributed by atoms with Crippen molar-refractivity contribution in [2.75, 3.05) is 34.5 Å². The molecule has 0 saturated carbocycles. The summed E-state index contributed by atoms with van der Waals surface area (Å²) in [5, 5.41) is 5.86. The summed E-state index contributed by atoms with van der Waals surface area (Å²) in [5.41, 5.74) is 6.28. The van der Waals surface area contributed by atoms with Crippen LogP contribution in [0.1, 0.15) is 27.3 Å². The van der Waals surface area contributed by atoms with E-state index in [4.69, 9.17) is 19.2 Å². The Morgan fingerprint density at radius 1 is 1.05 bits per heavy atom. The second-order valence-corrected chi connectivity index (χ2v) is 9.45. The molecule has 194 valence electrons. The molecule has 0 fully saturated rings. The summed E-state index contributed by atoms with van der Waals surface area (Å²) >= 11 is 1.56. The normalized spacial score (nSPS) is 10.9. The number of amides is 1. The third kappa shape index (κ3) is 6.00. The predicted molar refractivity (Wildman–Crippen MR) is 146 cm³/mol. The van der Waals surface area contributed by atoms with Gasteiger partial charge in [-0.15, -0.1) is 11.3 Å². The Balaban J connectivity index is 1.67. The summed E-state index contributed by atoms with van der Waals surface area (Å²) < 4.78 is 18.1. The first-order valence-electron chi connectivity index (χ1n) is 12.0. The van der Waals surface area contributed by atoms with E-state index in [0.29, 0.717) is 36.8 Å². The number of hydrogen-bond donors (Lipinski definition) is 1. The summed E-state index contributed by atoms with van der Waals surface area (Å²) in [6, 6.07) is 11.9. The van der Waals surface area contributed by atoms with Crippen LogP contribution in [0.15, 0.2) is 48.0 Å². The molecule has 8 nitrogen and oxygen atoms in total. The maximum Gasteiger partial charge on any atom is 0.253 e. The zero-order valence-electron chi connectivity index (χ0n) is 21.8. The molecule has 0 aliphatic carbocycles. The monoisotopic (exact) mass is 520 g/mol. The van der Waals surface area contributed by atoms with Gasteiger partial charge >= 0.3 is 0 Å². The molecular weight excluding hydrogens is 488 g/mol. The maximum atomic E-state index is 13.0. The number of aryl methyl sites for hydroxylation is 2. The Bertz CT molecular complexity index is 1360. The summed E-state index contributed by atoms with van der Waals surface area (Å²) in [6.07, 6.45) is 2.58. The Morgan fingerprint density at radius 3 is 2.57 bits per heavy atom. The number of nitrogens with one attached hydrogen (secondary N) is 1. The Labute approximate surface area is 221 Å². The van der Waals surface area contributed by atoms with Crippen LogP contribution < -0.4 is 14.8 Å². The fourth-order valence-corrected chi connectivity index (χ4v) is 4.94. The summed E-state index contributed by atoms with van der Waals surface area (Å²) in [5.74, 6) is 1.26. The van der Waals surface area contributed by atoms with Crippen LogP contribution in [0, 0.1) is 13.8 Å². The molecule has 3 heterocycles. The number of rotatable bonds is 11. The van der Waals surface area contributed by atoms with Gasteiger partial charge in [-0.25, -0.2) is 4.98 Å². The second kappa shape index (κ2) is 12.0. The average Bonchev–Trinajstić information content (AvgIpc) is 3.52. The summed E-state index contributed by atoms with van der Waals surface area (Å²) in [6.45, 7) is 5.51. The Hall–Kier alpha value is -3.69. The van der Waals surface area contributed by atoms with Crippen molar-refractivity contribution >= 4 is 17.2 Å². The molecule has 0 aliphatic heterocycles. The van der Waals surface area contributed by atoms with E-state index in [0.717, 1.165) is 45.3 Å². The van der Waals surface area contributed by atoms with E-state index in [1.165, 1.54) is 0 Å². The fraction of sp³-hybridized carbons (Fsp3) is 0.321. The van der Waals surface area contributed by atoms with Crippen molar-refractivity contribution in [1.82, 2.24) is 19.9 Å². The van der Waals surface area contributed by atoms with Crippen molar-refractivity contribution in [3.8, 4) is 33.5 Å². The van der Waals surface area contributed by atoms with Gasteiger partial charge in [-0.3, -0.25) is 9.78 Å². The standard InChI is InChI=1S/C28H32N4O4S/c1-18-6-8-21(16-30-18)28-31-23(17-37-28)24-15-22(27(33)29-11-13-34-3)19(2)32(24)12-10-20-7-9-25(35-4)26(14-20)36-5/h6-9,14-17H,10-13H2,1-5H3,(H,29,33). The van der Waals surface area contributed by atoms with Crippen LogP contribution in [0.25, 0.3) is 22.0 Å². The van der Waals surface area contributed by atoms with Crippen LogP contribution in [0.5, 0.6) is 11.5 Å². The number of hydrogen-bond acceptors (Lipinski definition) is 7. The molecule has 0 bridgehead atoms. The first kappa shape index (κ1) is 26.4. The van der Waals surface area contributed by atoms with Gasteiger partial charge in [0.05, 0.1) is 37.8 Å². The first-order valence-corrected chi connectivity index (χ1v) is 12.9. The molecule has 0 spiro atoms. The number of carbonyl (C=O) groups is 1. The van der Waals surface area contributed by atoms with Crippen LogP contribution in [0.3, 0.4) is 0 Å². The third-order valence-electron chi connectivity index (χ3n) is 6.20. The molecule has 0 aliphatic rings. The quantitative estimate of drug-likeness (QED) is 0.282. The van der Waals surface area contributed by atoms with Gasteiger partial charge in [-0.1, -0.05) is 6.07 Å². The minimum absolute atomic E-state index is 0.126. The molecule has 0 saturated heterocycles. The van der Waals surface area contributed by atoms with Gasteiger partial charge in [-0.05, 0) is 56.2 Å². The SMILES string of the molecule is COCCNC(=O)c1cc(-c2csc(-c3ccc(C)nc3)n2)n(CCc2ccc(OC)c(OC)c2)c1C. The highest BCUT2D eigenvalue weighted by Crippen LogP contribution is 2.32. The van der Waals surface area contributed by atoms with E-state index in [9.17, 15) is 4.79 Å². The zero-order valence-corrected chi connectivity index (χ0v) is 22.6. The van der Waals surface area contributed by atoms with E-state index in [-0.39, 0.29) is 5.91 Å². The topological polar surface area (TPSA) is 87.5 Å². The molecule has 0 radical (unpaired) electrons. The van der Waals surface area contributed by atoms with Crippen molar-refractivity contribution in [3.05, 3.63) is 70.5 Å². The van der Waals surface area contributed by atoms with Crippen LogP contribution in [-0.2, 0) is 17.7 Å². The lowest BCUT2D eigenvalue weighted by molar-refractivity contribution is 0.0936. The summed E-state index contributed by atoms with van der Waals surface area (Å²) in [4.78, 5) is 22.3. The molecule has 4 aromatic rings. The smallest absolute Gasteiger partial charge is 0.253 e. The van der Waals surface area contributed by atoms with E-state index in [1.54, 1.807) is 32.7 Å². The molecule has 3 aromatic heterocycles. The number of nitrogens with zero attached hydrogens (tertiary/aromatic N) is 3. The molecule has 1 amide bonds. The van der Waals surface area contributed by atoms with Crippen LogP contribution in [0.2, 0.25) is 0 Å². The molecule has 4 rings (SSSR count). The maximum absolute atomic E-state index is 13.0. The van der Waals surface area contributed by atoms with Gasteiger partial charge < -0.3 is 24.1 Å². The number of benzene rings is 1. The Kier molecular flexibility index (Phi) is 8.58. The van der Waals surface area contributed by atoms with Crippen molar-refractivity contribution in [2.24, 2.45) is 0 Å². The van der Waals surface area contributed by atoms with Crippen LogP contribution in [0.4, 0.5) is 0 Å². The number of ether oxygens (including phenoxy) is 3. The molecule has 9 heteroatoms. The van der Waals surface area contributed by atoms with Gasteiger partial charge in [0.15, 0.2) is 11.5 Å². The lowest BCUT2D eigenvalue weighted by Crippen LogP contribution is -2.27. The van der Waals surface area contributed by atoms with Crippen LogP contribution in [-0.4, -0.2) is 54.9 Å². The molecule has 1 N–H and O–H groups in total. The minimum Gasteiger partial charge on any atom is -0.493 e. The zero-order chi connectivity index (χ0) is 26.4. The van der Waals surface area contributed by atoms with Gasteiger partial charge in [-0.2, -0.15) is 0 Å². The molecule has 0 unspecified atom stereocenters. The lowest BCUT2D eigenvalue weighted by atomic mass is 10.1. The van der Waals surface area contributed by atoms with Crippen molar-refractivity contribution < 1.29 is 19.0 Å². The van der Waals surface area contributed by atoms with Crippen LogP contribution >= 0.6 is 11.3 Å². The highest BCUT2D eigenvalue weighted by Gasteiger charge is 2.20. The lowest BCUT2D eigenvalue weighted by Gasteiger charge is -2.13. The van der Waals surface area contributed by atoms with Gasteiger partial charge in [0.2, 0.25) is 0 Å². The molecule has 1 aromatic carbocycles. The summed E-state index contributed by atoms with van der Waals surface area (Å²) in [7, 11) is 4.87. The molecular formula is C28H32N4O4S. The van der Waals surface area contributed by atoms with E-state index >= 15 is 0 Å². The third-order valence-corrected chi connectivity index (χ3v) is 7.09. The van der Waals surface area contributed by atoms with Gasteiger partial charge in [0.1, 0.15) is 5.01 Å². The van der Waals surface area contributed by atoms with E-state index < -0.39 is 0 Å². The predicted octanol–water partition coefficient (Wildman–Crippen LogP) is 4.93. The Morgan fingerprint density at radius 2 is 1.86 bits per heavy atom. The molecule has 37 heavy (non-hydrogen) atoms. The number of aromatic nitrogens is 3. The fourth-order valence-electron chi connectivity index (χ4n) is 4.13. The van der Waals surface area contributed by atoms with Crippen molar-refractivity contribution in [1.29, 1.82) is 0 Å². The van der Waals surface area contributed by atoms with Crippen molar-refractivity contribution in [2.45, 2.75) is 26.8 Å². The second-order valence-electron chi connectivity index (χ2n) is 8.59. The highest BCUT2D eigenvalue weighted by atomic mass is 32.1. The highest BCUT2D eigenvalue weighted by molar-refractivity contribution is 7.13. The minimum atomic E-state index is -0.126. The largest absolute Gasteiger partial charge is 0.493 e. The van der Waals surface area contributed by atoms with Gasteiger partial charge in [0.25, 0.3) is 5.91 Å². The van der Waals surface area contributed by atoms with Gasteiger partial charge in [0, 0.05) is 48.7 Å². The van der Waals surface area contributed by atoms with E-state index in [1.807, 2.05) is 61.8 Å². The number of methoxy groups -OCH3 is 3. The number of thiazole rings is 1. The first-order chi connectivity index (χ1) is 17.9. The average molecular weight is 521 g/mol. The van der Waals surface area contributed by atoms with Crippen molar-refractivity contribution in [3.63, 3.8) is 0 Å². The number of carbonyl (C=O) groups excluding carboxylic acids is 1.